The molecule has 0 saturated carbocycles. The van der Waals surface area contributed by atoms with Crippen LogP contribution in [0.25, 0.3) is 33.5 Å². The number of hydrogen-bond donors (Lipinski definition) is 1. The van der Waals surface area contributed by atoms with Crippen LogP contribution in [-0.4, -0.2) is 87.8 Å². The highest BCUT2D eigenvalue weighted by Crippen LogP contribution is 2.29. The molecule has 1 N–H and O–H groups in total. The SMILES string of the molecule is C[Si](C)(C)CCOCn1cc(C(=O)O)c2nc(-c3nn(CCN4CCOCC4)c4cc(F)ccc34)cnc21. The first-order valence-electron chi connectivity index (χ1n) is 12.8. The van der Waals surface area contributed by atoms with Crippen molar-refractivity contribution in [2.45, 2.75) is 39.0 Å². The van der Waals surface area contributed by atoms with Crippen LogP contribution in [0.5, 0.6) is 0 Å². The Balaban J connectivity index is 1.47. The summed E-state index contributed by atoms with van der Waals surface area (Å²) in [6.07, 6.45) is 3.10. The Morgan fingerprint density at radius 2 is 2.00 bits per heavy atom. The van der Waals surface area contributed by atoms with E-state index in [0.29, 0.717) is 48.9 Å². The molecule has 0 radical (unpaired) electrons. The molecule has 0 unspecified atom stereocenters. The number of halogens is 1. The lowest BCUT2D eigenvalue weighted by atomic mass is 10.1. The number of fused-ring (bicyclic) bond motifs is 2. The summed E-state index contributed by atoms with van der Waals surface area (Å²) in [5, 5.41) is 15.3. The molecule has 10 nitrogen and oxygen atoms in total. The molecular formula is C26H33FN6O4Si. The molecule has 4 aromatic rings. The van der Waals surface area contributed by atoms with Crippen LogP contribution >= 0.6 is 0 Å². The van der Waals surface area contributed by atoms with E-state index in [1.54, 1.807) is 21.5 Å². The quantitative estimate of drug-likeness (QED) is 0.238. The van der Waals surface area contributed by atoms with Crippen molar-refractivity contribution in [3.8, 4) is 11.4 Å². The van der Waals surface area contributed by atoms with Crippen LogP contribution in [0.2, 0.25) is 25.7 Å². The maximum absolute atomic E-state index is 14.2. The van der Waals surface area contributed by atoms with Crippen LogP contribution < -0.4 is 0 Å². The van der Waals surface area contributed by atoms with Crippen LogP contribution in [0.3, 0.4) is 0 Å². The topological polar surface area (TPSA) is 108 Å². The van der Waals surface area contributed by atoms with Crippen LogP contribution in [-0.2, 0) is 22.7 Å². The average Bonchev–Trinajstić information content (AvgIpc) is 3.43. The molecule has 1 fully saturated rings. The molecular weight excluding hydrogens is 507 g/mol. The number of benzene rings is 1. The van der Waals surface area contributed by atoms with E-state index in [0.717, 1.165) is 31.1 Å². The Bertz CT molecular complexity index is 1460. The molecule has 3 aromatic heterocycles. The monoisotopic (exact) mass is 540 g/mol. The van der Waals surface area contributed by atoms with Crippen molar-refractivity contribution in [1.82, 2.24) is 29.2 Å². The van der Waals surface area contributed by atoms with Crippen molar-refractivity contribution in [2.24, 2.45) is 0 Å². The molecule has 4 heterocycles. The highest BCUT2D eigenvalue weighted by Gasteiger charge is 2.21. The second-order valence-corrected chi connectivity index (χ2v) is 16.4. The van der Waals surface area contributed by atoms with Crippen LogP contribution in [0.4, 0.5) is 4.39 Å². The van der Waals surface area contributed by atoms with E-state index in [1.165, 1.54) is 18.3 Å². The summed E-state index contributed by atoms with van der Waals surface area (Å²) in [5.74, 6) is -1.44. The van der Waals surface area contributed by atoms with Crippen molar-refractivity contribution in [3.63, 3.8) is 0 Å². The highest BCUT2D eigenvalue weighted by atomic mass is 28.3. The minimum Gasteiger partial charge on any atom is -0.478 e. The third-order valence-corrected chi connectivity index (χ3v) is 8.41. The smallest absolute Gasteiger partial charge is 0.339 e. The van der Waals surface area contributed by atoms with Gasteiger partial charge in [0.15, 0.2) is 5.65 Å². The Morgan fingerprint density at radius 1 is 1.21 bits per heavy atom. The highest BCUT2D eigenvalue weighted by molar-refractivity contribution is 6.76. The Hall–Kier alpha value is -3.19. The lowest BCUT2D eigenvalue weighted by Crippen LogP contribution is -2.38. The van der Waals surface area contributed by atoms with E-state index < -0.39 is 14.0 Å². The number of rotatable bonds is 10. The second-order valence-electron chi connectivity index (χ2n) is 10.8. The molecule has 1 aliphatic rings. The third kappa shape index (κ3) is 5.78. The van der Waals surface area contributed by atoms with Crippen LogP contribution in [0.1, 0.15) is 10.4 Å². The lowest BCUT2D eigenvalue weighted by Gasteiger charge is -2.26. The van der Waals surface area contributed by atoms with Gasteiger partial charge in [0.2, 0.25) is 0 Å². The van der Waals surface area contributed by atoms with E-state index >= 15 is 0 Å². The van der Waals surface area contributed by atoms with Crippen molar-refractivity contribution >= 4 is 36.1 Å². The normalized spacial score (nSPS) is 15.1. The van der Waals surface area contributed by atoms with E-state index in [4.69, 9.17) is 14.6 Å². The lowest BCUT2D eigenvalue weighted by molar-refractivity contribution is 0.0361. The molecule has 0 amide bonds. The van der Waals surface area contributed by atoms with Gasteiger partial charge < -0.3 is 19.1 Å². The van der Waals surface area contributed by atoms with E-state index in [1.807, 2.05) is 0 Å². The first kappa shape index (κ1) is 26.4. The van der Waals surface area contributed by atoms with Gasteiger partial charge in [-0.05, 0) is 24.2 Å². The molecule has 0 spiro atoms. The van der Waals surface area contributed by atoms with Crippen molar-refractivity contribution in [2.75, 3.05) is 39.5 Å². The molecule has 1 aromatic carbocycles. The molecule has 0 atom stereocenters. The fraction of sp³-hybridized carbons (Fsp3) is 0.462. The first-order valence-corrected chi connectivity index (χ1v) is 16.5. The van der Waals surface area contributed by atoms with Gasteiger partial charge in [0.1, 0.15) is 35.0 Å². The number of carboxylic acid groups (broad SMARTS) is 1. The zero-order valence-electron chi connectivity index (χ0n) is 22.0. The fourth-order valence-corrected chi connectivity index (χ4v) is 5.29. The maximum Gasteiger partial charge on any atom is 0.339 e. The minimum atomic E-state index is -1.24. The molecule has 1 aliphatic heterocycles. The first-order chi connectivity index (χ1) is 18.2. The zero-order valence-corrected chi connectivity index (χ0v) is 23.0. The summed E-state index contributed by atoms with van der Waals surface area (Å²) in [5.41, 5.74) is 2.36. The number of carboxylic acids is 1. The second kappa shape index (κ2) is 10.9. The van der Waals surface area contributed by atoms with Gasteiger partial charge in [-0.2, -0.15) is 5.10 Å². The molecule has 12 heteroatoms. The van der Waals surface area contributed by atoms with Gasteiger partial charge in [0, 0.05) is 45.9 Å². The minimum absolute atomic E-state index is 0.0465. The van der Waals surface area contributed by atoms with Gasteiger partial charge in [-0.25, -0.2) is 19.2 Å². The summed E-state index contributed by atoms with van der Waals surface area (Å²) >= 11 is 0. The van der Waals surface area contributed by atoms with Crippen molar-refractivity contribution in [3.05, 3.63) is 42.0 Å². The molecule has 0 bridgehead atoms. The van der Waals surface area contributed by atoms with Gasteiger partial charge in [0.25, 0.3) is 0 Å². The summed E-state index contributed by atoms with van der Waals surface area (Å²) in [4.78, 5) is 23.6. The predicted octanol–water partition coefficient (Wildman–Crippen LogP) is 3.93. The predicted molar refractivity (Wildman–Crippen MR) is 145 cm³/mol. The fourth-order valence-electron chi connectivity index (χ4n) is 4.53. The Kier molecular flexibility index (Phi) is 7.57. The van der Waals surface area contributed by atoms with Gasteiger partial charge in [0.05, 0.1) is 31.5 Å². The molecule has 5 rings (SSSR count). The Labute approximate surface area is 221 Å². The number of aromatic carboxylic acids is 1. The standard InChI is InChI=1S/C26H33FN6O4Si/c1-38(2,3)13-12-37-17-32-16-20(26(34)35)24-25(32)28-15-21(29-24)23-19-5-4-18(27)14-22(19)33(30-23)7-6-31-8-10-36-11-9-31/h4-5,14-16H,6-13,17H2,1-3H3,(H,34,35). The number of ether oxygens (including phenoxy) is 2. The summed E-state index contributed by atoms with van der Waals surface area (Å²) in [6, 6.07) is 5.55. The average molecular weight is 541 g/mol. The molecule has 1 saturated heterocycles. The number of morpholine rings is 1. The summed E-state index contributed by atoms with van der Waals surface area (Å²) < 4.78 is 28.9. The van der Waals surface area contributed by atoms with Crippen molar-refractivity contribution in [1.29, 1.82) is 0 Å². The van der Waals surface area contributed by atoms with E-state index in [-0.39, 0.29) is 23.6 Å². The van der Waals surface area contributed by atoms with Gasteiger partial charge in [-0.1, -0.05) is 19.6 Å². The largest absolute Gasteiger partial charge is 0.478 e. The number of nitrogens with zero attached hydrogens (tertiary/aromatic N) is 6. The van der Waals surface area contributed by atoms with Gasteiger partial charge >= 0.3 is 5.97 Å². The van der Waals surface area contributed by atoms with Crippen molar-refractivity contribution < 1.29 is 23.8 Å². The third-order valence-electron chi connectivity index (χ3n) is 6.71. The zero-order chi connectivity index (χ0) is 26.9. The summed E-state index contributed by atoms with van der Waals surface area (Å²) in [6.45, 7) is 12.0. The van der Waals surface area contributed by atoms with Gasteiger partial charge in [-0.3, -0.25) is 9.58 Å². The molecule has 0 aliphatic carbocycles. The molecule has 202 valence electrons. The number of hydrogen-bond acceptors (Lipinski definition) is 7. The van der Waals surface area contributed by atoms with Gasteiger partial charge in [-0.15, -0.1) is 0 Å². The molecule has 38 heavy (non-hydrogen) atoms. The van der Waals surface area contributed by atoms with E-state index in [9.17, 15) is 14.3 Å². The van der Waals surface area contributed by atoms with E-state index in [2.05, 4.69) is 34.5 Å². The summed E-state index contributed by atoms with van der Waals surface area (Å²) in [7, 11) is -1.24. The maximum atomic E-state index is 14.2. The Morgan fingerprint density at radius 3 is 2.74 bits per heavy atom. The number of aromatic nitrogens is 5. The van der Waals surface area contributed by atoms with Crippen LogP contribution in [0.15, 0.2) is 30.6 Å². The number of carbonyl (C=O) groups is 1. The van der Waals surface area contributed by atoms with Crippen LogP contribution in [0, 0.1) is 5.82 Å².